The van der Waals surface area contributed by atoms with Gasteiger partial charge in [-0.1, -0.05) is 39.0 Å². The fourth-order valence-corrected chi connectivity index (χ4v) is 5.43. The van der Waals surface area contributed by atoms with E-state index in [1.807, 2.05) is 31.2 Å². The summed E-state index contributed by atoms with van der Waals surface area (Å²) in [7, 11) is -3.62. The van der Waals surface area contributed by atoms with Crippen molar-refractivity contribution in [3.8, 4) is 5.69 Å². The molecular formula is C26H32N4O5S. The van der Waals surface area contributed by atoms with Crippen molar-refractivity contribution in [2.75, 3.05) is 13.1 Å². The van der Waals surface area contributed by atoms with Gasteiger partial charge in [-0.15, -0.1) is 0 Å². The molecule has 2 aromatic carbocycles. The predicted octanol–water partition coefficient (Wildman–Crippen LogP) is 3.92. The second-order valence-corrected chi connectivity index (χ2v) is 10.2. The van der Waals surface area contributed by atoms with E-state index in [0.717, 1.165) is 17.7 Å². The second kappa shape index (κ2) is 12.0. The molecule has 9 nitrogen and oxygen atoms in total. The molecule has 0 radical (unpaired) electrons. The lowest BCUT2D eigenvalue weighted by Gasteiger charge is -2.18. The van der Waals surface area contributed by atoms with Gasteiger partial charge in [-0.2, -0.15) is 4.31 Å². The van der Waals surface area contributed by atoms with Crippen LogP contribution in [0.4, 0.5) is 5.69 Å². The van der Waals surface area contributed by atoms with Crippen molar-refractivity contribution in [1.82, 2.24) is 14.1 Å². The van der Waals surface area contributed by atoms with Crippen molar-refractivity contribution in [3.05, 3.63) is 75.7 Å². The number of hydrogen-bond acceptors (Lipinski definition) is 5. The molecule has 0 aliphatic rings. The Bertz CT molecular complexity index is 1380. The van der Waals surface area contributed by atoms with Gasteiger partial charge in [0.15, 0.2) is 0 Å². The highest BCUT2D eigenvalue weighted by molar-refractivity contribution is 7.89. The van der Waals surface area contributed by atoms with Gasteiger partial charge in [0.05, 0.1) is 21.8 Å². The number of nitrogens with zero attached hydrogens (tertiary/aromatic N) is 3. The number of sulfonamides is 1. The van der Waals surface area contributed by atoms with Crippen molar-refractivity contribution in [2.24, 2.45) is 4.99 Å². The normalized spacial score (nSPS) is 12.0. The first kappa shape index (κ1) is 27.1. The molecule has 36 heavy (non-hydrogen) atoms. The van der Waals surface area contributed by atoms with Crippen LogP contribution >= 0.6 is 0 Å². The number of carboxylic acids is 1. The Hall–Kier alpha value is -3.50. The summed E-state index contributed by atoms with van der Waals surface area (Å²) < 4.78 is 28.3. The third-order valence-corrected chi connectivity index (χ3v) is 8.03. The van der Waals surface area contributed by atoms with Crippen LogP contribution in [0, 0.1) is 0 Å². The Morgan fingerprint density at radius 3 is 2.36 bits per heavy atom. The zero-order valence-corrected chi connectivity index (χ0v) is 21.6. The van der Waals surface area contributed by atoms with Crippen LogP contribution in [-0.4, -0.2) is 52.9 Å². The van der Waals surface area contributed by atoms with Crippen molar-refractivity contribution >= 4 is 27.9 Å². The standard InChI is InChI=1S/C26H32N4O5S/c1-4-19-10-7-8-11-23(19)27-18-22-24(12-9-13-25(31)32)28-30(26(22)33)20-14-16-21(17-15-20)36(34,35)29(5-2)6-3/h7-8,10-11,14-18,28H,4-6,9,12-13H2,1-3H3,(H,31,32). The number of aliphatic imine (C=N–C) groups is 1. The maximum absolute atomic E-state index is 13.3. The number of para-hydroxylation sites is 1. The summed E-state index contributed by atoms with van der Waals surface area (Å²) >= 11 is 0. The second-order valence-electron chi connectivity index (χ2n) is 8.22. The smallest absolute Gasteiger partial charge is 0.303 e. The van der Waals surface area contributed by atoms with Gasteiger partial charge in [0.1, 0.15) is 0 Å². The molecule has 2 N–H and O–H groups in total. The first-order valence-corrected chi connectivity index (χ1v) is 13.4. The average Bonchev–Trinajstić information content (AvgIpc) is 3.18. The molecule has 0 unspecified atom stereocenters. The fourth-order valence-electron chi connectivity index (χ4n) is 3.97. The summed E-state index contributed by atoms with van der Waals surface area (Å²) in [5, 5.41) is 12.1. The van der Waals surface area contributed by atoms with Crippen molar-refractivity contribution in [3.63, 3.8) is 0 Å². The van der Waals surface area contributed by atoms with Gasteiger partial charge < -0.3 is 5.11 Å². The lowest BCUT2D eigenvalue weighted by Crippen LogP contribution is -2.30. The lowest BCUT2D eigenvalue weighted by atomic mass is 10.1. The highest BCUT2D eigenvalue weighted by Gasteiger charge is 2.22. The molecule has 192 valence electrons. The molecule has 10 heteroatoms. The predicted molar refractivity (Wildman–Crippen MR) is 140 cm³/mol. The molecule has 0 aliphatic heterocycles. The van der Waals surface area contributed by atoms with Gasteiger partial charge in [0.2, 0.25) is 10.0 Å². The van der Waals surface area contributed by atoms with E-state index in [4.69, 9.17) is 5.11 Å². The van der Waals surface area contributed by atoms with Gasteiger partial charge in [-0.05, 0) is 55.2 Å². The number of hydrogen-bond donors (Lipinski definition) is 2. The van der Waals surface area contributed by atoms with E-state index in [9.17, 15) is 18.0 Å². The van der Waals surface area contributed by atoms with Gasteiger partial charge in [0.25, 0.3) is 5.56 Å². The van der Waals surface area contributed by atoms with Gasteiger partial charge in [0, 0.05) is 31.4 Å². The number of aryl methyl sites for hydroxylation is 2. The van der Waals surface area contributed by atoms with E-state index in [2.05, 4.69) is 10.1 Å². The van der Waals surface area contributed by atoms with E-state index < -0.39 is 16.0 Å². The topological polar surface area (TPSA) is 125 Å². The van der Waals surface area contributed by atoms with Crippen LogP contribution in [0.25, 0.3) is 5.69 Å². The Balaban J connectivity index is 2.01. The first-order chi connectivity index (χ1) is 17.2. The minimum Gasteiger partial charge on any atom is -0.481 e. The Morgan fingerprint density at radius 1 is 1.08 bits per heavy atom. The summed E-state index contributed by atoms with van der Waals surface area (Å²) in [5.41, 5.74) is 2.82. The quantitative estimate of drug-likeness (QED) is 0.356. The van der Waals surface area contributed by atoms with Crippen LogP contribution in [0.1, 0.15) is 50.4 Å². The van der Waals surface area contributed by atoms with Crippen LogP contribution in [0.3, 0.4) is 0 Å². The molecule has 0 aliphatic carbocycles. The average molecular weight is 513 g/mol. The third kappa shape index (κ3) is 6.00. The van der Waals surface area contributed by atoms with E-state index in [1.165, 1.54) is 27.3 Å². The van der Waals surface area contributed by atoms with Gasteiger partial charge in [-0.25, -0.2) is 13.1 Å². The number of nitrogens with one attached hydrogen (secondary N) is 1. The number of H-pyrrole nitrogens is 1. The molecule has 0 bridgehead atoms. The summed E-state index contributed by atoms with van der Waals surface area (Å²) in [6.07, 6.45) is 2.97. The molecule has 0 saturated carbocycles. The SMILES string of the molecule is CCc1ccccc1N=Cc1c(CCCC(=O)O)[nH]n(-c2ccc(S(=O)(=O)N(CC)CC)cc2)c1=O. The van der Waals surface area contributed by atoms with E-state index in [0.29, 0.717) is 42.9 Å². The summed E-state index contributed by atoms with van der Waals surface area (Å²) in [6, 6.07) is 13.8. The van der Waals surface area contributed by atoms with E-state index >= 15 is 0 Å². The zero-order chi connectivity index (χ0) is 26.3. The zero-order valence-electron chi connectivity index (χ0n) is 20.8. The maximum Gasteiger partial charge on any atom is 0.303 e. The molecule has 1 aromatic heterocycles. The largest absolute Gasteiger partial charge is 0.481 e. The molecule has 0 fully saturated rings. The minimum atomic E-state index is -3.62. The molecule has 3 aromatic rings. The van der Waals surface area contributed by atoms with Crippen molar-refractivity contribution in [2.45, 2.75) is 51.3 Å². The van der Waals surface area contributed by atoms with Gasteiger partial charge >= 0.3 is 5.97 Å². The number of aromatic amines is 1. The third-order valence-electron chi connectivity index (χ3n) is 5.97. The number of carboxylic acid groups (broad SMARTS) is 1. The number of benzene rings is 2. The van der Waals surface area contributed by atoms with Crippen LogP contribution in [0.2, 0.25) is 0 Å². The monoisotopic (exact) mass is 512 g/mol. The van der Waals surface area contributed by atoms with Crippen molar-refractivity contribution in [1.29, 1.82) is 0 Å². The lowest BCUT2D eigenvalue weighted by molar-refractivity contribution is -0.137. The number of aromatic nitrogens is 2. The molecule has 3 rings (SSSR count). The summed E-state index contributed by atoms with van der Waals surface area (Å²) in [4.78, 5) is 29.0. The fraction of sp³-hybridized carbons (Fsp3) is 0.346. The Morgan fingerprint density at radius 2 is 1.75 bits per heavy atom. The number of carbonyl (C=O) groups is 1. The minimum absolute atomic E-state index is 0.0274. The first-order valence-electron chi connectivity index (χ1n) is 12.0. The van der Waals surface area contributed by atoms with Crippen LogP contribution in [0.15, 0.2) is 63.2 Å². The molecule has 0 atom stereocenters. The molecular weight excluding hydrogens is 480 g/mol. The Kier molecular flexibility index (Phi) is 9.00. The van der Waals surface area contributed by atoms with Crippen molar-refractivity contribution < 1.29 is 18.3 Å². The van der Waals surface area contributed by atoms with Crippen LogP contribution in [-0.2, 0) is 27.7 Å². The molecule has 0 saturated heterocycles. The highest BCUT2D eigenvalue weighted by atomic mass is 32.2. The maximum atomic E-state index is 13.3. The van der Waals surface area contributed by atoms with Crippen LogP contribution in [0.5, 0.6) is 0 Å². The molecule has 0 amide bonds. The number of aliphatic carboxylic acids is 1. The van der Waals surface area contributed by atoms with E-state index in [1.54, 1.807) is 26.0 Å². The Labute approximate surface area is 211 Å². The number of rotatable bonds is 12. The highest BCUT2D eigenvalue weighted by Crippen LogP contribution is 2.20. The summed E-state index contributed by atoms with van der Waals surface area (Å²) in [6.45, 7) is 6.31. The summed E-state index contributed by atoms with van der Waals surface area (Å²) in [5.74, 6) is -0.908. The van der Waals surface area contributed by atoms with Gasteiger partial charge in [-0.3, -0.25) is 19.7 Å². The molecule has 1 heterocycles. The van der Waals surface area contributed by atoms with Crippen LogP contribution < -0.4 is 5.56 Å². The molecule has 0 spiro atoms. The van der Waals surface area contributed by atoms with E-state index in [-0.39, 0.29) is 16.9 Å².